The van der Waals surface area contributed by atoms with Crippen molar-refractivity contribution in [2.75, 3.05) is 18.5 Å². The van der Waals surface area contributed by atoms with Crippen LogP contribution in [-0.2, 0) is 10.5 Å². The molecule has 3 heterocycles. The highest BCUT2D eigenvalue weighted by atomic mass is 32.2. The molecule has 4 rings (SSSR count). The lowest BCUT2D eigenvalue weighted by Crippen LogP contribution is -2.33. The Labute approximate surface area is 190 Å². The molecule has 10 heteroatoms. The fourth-order valence-corrected chi connectivity index (χ4v) is 4.65. The predicted molar refractivity (Wildman–Crippen MR) is 122 cm³/mol. The smallest absolute Gasteiger partial charge is 0.207 e. The van der Waals surface area contributed by atoms with Gasteiger partial charge in [-0.1, -0.05) is 61.9 Å². The Hall–Kier alpha value is -2.24. The first-order valence-corrected chi connectivity index (χ1v) is 11.9. The number of aliphatic hydroxyl groups excluding tert-OH is 3. The van der Waals surface area contributed by atoms with Crippen molar-refractivity contribution >= 4 is 28.9 Å². The first-order chi connectivity index (χ1) is 15.6. The molecule has 172 valence electrons. The molecule has 32 heavy (non-hydrogen) atoms. The van der Waals surface area contributed by atoms with Gasteiger partial charge in [-0.15, -0.1) is 0 Å². The van der Waals surface area contributed by atoms with E-state index in [1.165, 1.54) is 11.9 Å². The van der Waals surface area contributed by atoms with Crippen molar-refractivity contribution in [1.29, 1.82) is 0 Å². The Kier molecular flexibility index (Phi) is 7.59. The number of rotatable bonds is 10. The summed E-state index contributed by atoms with van der Waals surface area (Å²) < 4.78 is 7.46. The van der Waals surface area contributed by atoms with Gasteiger partial charge in [0.1, 0.15) is 35.2 Å². The molecule has 0 aliphatic carbocycles. The van der Waals surface area contributed by atoms with Crippen molar-refractivity contribution in [2.24, 2.45) is 0 Å². The standard InChI is InChI=1S/C22H29N5O4S/c1-2-3-7-10-23-22-26-16-19(27(22)21-18(30)17(29)15(11-28)31-21)24-13-25-20(16)32-12-14-8-5-4-6-9-14/h4-6,8-9,13,15,17-18,21,28-30H,2-3,7,10-12H2,1H3,(H,23,26)/t15-,17-,18-,21?/m1/s1. The summed E-state index contributed by atoms with van der Waals surface area (Å²) in [5, 5.41) is 34.5. The van der Waals surface area contributed by atoms with E-state index in [0.717, 1.165) is 30.0 Å². The highest BCUT2D eigenvalue weighted by molar-refractivity contribution is 7.98. The van der Waals surface area contributed by atoms with E-state index >= 15 is 0 Å². The van der Waals surface area contributed by atoms with Gasteiger partial charge in [0.05, 0.1) is 6.61 Å². The van der Waals surface area contributed by atoms with Gasteiger partial charge in [-0.2, -0.15) is 0 Å². The zero-order valence-electron chi connectivity index (χ0n) is 18.0. The van der Waals surface area contributed by atoms with E-state index in [1.807, 2.05) is 18.2 Å². The van der Waals surface area contributed by atoms with Crippen LogP contribution in [0.3, 0.4) is 0 Å². The Morgan fingerprint density at radius 2 is 1.94 bits per heavy atom. The van der Waals surface area contributed by atoms with Gasteiger partial charge in [0, 0.05) is 12.3 Å². The van der Waals surface area contributed by atoms with E-state index in [0.29, 0.717) is 23.7 Å². The second kappa shape index (κ2) is 10.6. The van der Waals surface area contributed by atoms with Crippen molar-refractivity contribution in [2.45, 2.75) is 61.5 Å². The molecule has 1 saturated heterocycles. The highest BCUT2D eigenvalue weighted by Crippen LogP contribution is 2.36. The zero-order chi connectivity index (χ0) is 22.5. The van der Waals surface area contributed by atoms with Crippen molar-refractivity contribution in [3.05, 3.63) is 42.2 Å². The van der Waals surface area contributed by atoms with Gasteiger partial charge in [-0.3, -0.25) is 4.57 Å². The summed E-state index contributed by atoms with van der Waals surface area (Å²) in [7, 11) is 0. The van der Waals surface area contributed by atoms with Crippen LogP contribution in [-0.4, -0.2) is 66.3 Å². The average molecular weight is 460 g/mol. The van der Waals surface area contributed by atoms with Gasteiger partial charge >= 0.3 is 0 Å². The monoisotopic (exact) mass is 459 g/mol. The Morgan fingerprint density at radius 3 is 2.66 bits per heavy atom. The molecule has 1 aliphatic rings. The lowest BCUT2D eigenvalue weighted by atomic mass is 10.1. The molecule has 4 N–H and O–H groups in total. The Balaban J connectivity index is 1.68. The number of aromatic nitrogens is 4. The van der Waals surface area contributed by atoms with E-state index in [1.54, 1.807) is 16.3 Å². The molecule has 0 saturated carbocycles. The van der Waals surface area contributed by atoms with Crippen molar-refractivity contribution < 1.29 is 20.1 Å². The summed E-state index contributed by atoms with van der Waals surface area (Å²) >= 11 is 1.56. The molecule has 9 nitrogen and oxygen atoms in total. The molecule has 0 radical (unpaired) electrons. The quantitative estimate of drug-likeness (QED) is 0.205. The molecule has 0 bridgehead atoms. The summed E-state index contributed by atoms with van der Waals surface area (Å²) in [5.41, 5.74) is 2.28. The summed E-state index contributed by atoms with van der Waals surface area (Å²) in [6.45, 7) is 2.44. The first kappa shape index (κ1) is 22.9. The fraction of sp³-hybridized carbons (Fsp3) is 0.500. The number of nitrogens with zero attached hydrogens (tertiary/aromatic N) is 4. The topological polar surface area (TPSA) is 126 Å². The van der Waals surface area contributed by atoms with Gasteiger partial charge in [-0.25, -0.2) is 15.0 Å². The molecular formula is C22H29N5O4S. The van der Waals surface area contributed by atoms with Gasteiger partial charge in [0.15, 0.2) is 11.9 Å². The van der Waals surface area contributed by atoms with Crippen molar-refractivity contribution in [1.82, 2.24) is 19.5 Å². The molecule has 4 atom stereocenters. The largest absolute Gasteiger partial charge is 0.394 e. The van der Waals surface area contributed by atoms with Crippen LogP contribution in [0.5, 0.6) is 0 Å². The lowest BCUT2D eigenvalue weighted by molar-refractivity contribution is -0.0501. The van der Waals surface area contributed by atoms with Crippen LogP contribution in [0.4, 0.5) is 5.95 Å². The Bertz CT molecular complexity index is 1020. The number of benzene rings is 1. The average Bonchev–Trinajstić information content (AvgIpc) is 3.33. The minimum atomic E-state index is -1.23. The highest BCUT2D eigenvalue weighted by Gasteiger charge is 2.45. The molecule has 1 aromatic carbocycles. The van der Waals surface area contributed by atoms with Crippen LogP contribution in [0.15, 0.2) is 41.7 Å². The molecule has 1 fully saturated rings. The van der Waals surface area contributed by atoms with Crippen LogP contribution in [0.2, 0.25) is 0 Å². The lowest BCUT2D eigenvalue weighted by Gasteiger charge is -2.19. The number of fused-ring (bicyclic) bond motifs is 1. The maximum absolute atomic E-state index is 10.6. The predicted octanol–water partition coefficient (Wildman–Crippen LogP) is 2.33. The minimum absolute atomic E-state index is 0.395. The normalized spacial score (nSPS) is 23.1. The number of unbranched alkanes of at least 4 members (excludes halogenated alkanes) is 2. The molecule has 1 unspecified atom stereocenters. The van der Waals surface area contributed by atoms with Crippen LogP contribution >= 0.6 is 11.8 Å². The second-order valence-corrected chi connectivity index (χ2v) is 8.76. The van der Waals surface area contributed by atoms with E-state index in [2.05, 4.69) is 34.3 Å². The number of hydrogen-bond acceptors (Lipinski definition) is 9. The third kappa shape index (κ3) is 4.74. The van der Waals surface area contributed by atoms with Crippen LogP contribution in [0, 0.1) is 0 Å². The van der Waals surface area contributed by atoms with Crippen molar-refractivity contribution in [3.63, 3.8) is 0 Å². The number of nitrogens with one attached hydrogen (secondary N) is 1. The number of thioether (sulfide) groups is 1. The van der Waals surface area contributed by atoms with Gasteiger partial charge in [0.2, 0.25) is 5.95 Å². The second-order valence-electron chi connectivity index (χ2n) is 7.79. The number of anilines is 1. The molecule has 0 amide bonds. The van der Waals surface area contributed by atoms with Gasteiger partial charge in [0.25, 0.3) is 0 Å². The Morgan fingerprint density at radius 1 is 1.12 bits per heavy atom. The van der Waals surface area contributed by atoms with E-state index < -0.39 is 31.1 Å². The fourth-order valence-electron chi connectivity index (χ4n) is 3.75. The maximum Gasteiger partial charge on any atom is 0.207 e. The minimum Gasteiger partial charge on any atom is -0.394 e. The van der Waals surface area contributed by atoms with Crippen LogP contribution in [0.25, 0.3) is 11.2 Å². The third-order valence-electron chi connectivity index (χ3n) is 5.50. The summed E-state index contributed by atoms with van der Waals surface area (Å²) in [6, 6.07) is 10.1. The molecular weight excluding hydrogens is 430 g/mol. The number of imidazole rings is 1. The number of ether oxygens (including phenoxy) is 1. The first-order valence-electron chi connectivity index (χ1n) is 10.9. The molecule has 3 aromatic rings. The summed E-state index contributed by atoms with van der Waals surface area (Å²) in [4.78, 5) is 13.6. The van der Waals surface area contributed by atoms with Gasteiger partial charge < -0.3 is 25.4 Å². The maximum atomic E-state index is 10.6. The van der Waals surface area contributed by atoms with E-state index in [4.69, 9.17) is 9.72 Å². The third-order valence-corrected chi connectivity index (χ3v) is 6.55. The number of aliphatic hydroxyl groups is 3. The SMILES string of the molecule is CCCCCNc1nc2c(SCc3ccccc3)ncnc2n1C1O[C@H](CO)[C@@H](O)[C@H]1O. The van der Waals surface area contributed by atoms with Crippen LogP contribution < -0.4 is 5.32 Å². The van der Waals surface area contributed by atoms with E-state index in [9.17, 15) is 15.3 Å². The zero-order valence-corrected chi connectivity index (χ0v) is 18.8. The molecule has 1 aliphatic heterocycles. The van der Waals surface area contributed by atoms with Gasteiger partial charge in [-0.05, 0) is 12.0 Å². The molecule has 2 aromatic heterocycles. The molecule has 0 spiro atoms. The van der Waals surface area contributed by atoms with E-state index in [-0.39, 0.29) is 0 Å². The summed E-state index contributed by atoms with van der Waals surface area (Å²) in [5.74, 6) is 1.22. The number of hydrogen-bond donors (Lipinski definition) is 4. The van der Waals surface area contributed by atoms with Crippen molar-refractivity contribution in [3.8, 4) is 0 Å². The van der Waals surface area contributed by atoms with Crippen LogP contribution in [0.1, 0.15) is 38.0 Å². The summed E-state index contributed by atoms with van der Waals surface area (Å²) in [6.07, 6.45) is 0.377.